The summed E-state index contributed by atoms with van der Waals surface area (Å²) in [5, 5.41) is 10.6. The van der Waals surface area contributed by atoms with Crippen molar-refractivity contribution >= 4 is 14.2 Å². The number of nitrogens with zero attached hydrogens (tertiary/aromatic N) is 1. The average molecular weight is 368 g/mol. The molecule has 0 saturated carbocycles. The van der Waals surface area contributed by atoms with E-state index >= 15 is 0 Å². The lowest BCUT2D eigenvalue weighted by molar-refractivity contribution is -0.194. The summed E-state index contributed by atoms with van der Waals surface area (Å²) in [7, 11) is -1.72. The summed E-state index contributed by atoms with van der Waals surface area (Å²) in [6, 6.07) is 9.66. The molecule has 0 bridgehead atoms. The highest BCUT2D eigenvalue weighted by molar-refractivity contribution is 6.74. The number of hydrogen-bond acceptors (Lipinski definition) is 4. The van der Waals surface area contributed by atoms with Gasteiger partial charge in [-0.15, -0.1) is 0 Å². The maximum Gasteiger partial charge on any atom is 0.271 e. The van der Waals surface area contributed by atoms with Crippen LogP contribution < -0.4 is 0 Å². The zero-order chi connectivity index (χ0) is 18.9. The zero-order valence-electron chi connectivity index (χ0n) is 16.2. The molecule has 25 heavy (non-hydrogen) atoms. The Morgan fingerprint density at radius 1 is 1.16 bits per heavy atom. The minimum atomic E-state index is -1.72. The quantitative estimate of drug-likeness (QED) is 0.389. The summed E-state index contributed by atoms with van der Waals surface area (Å²) in [5.74, 6) is -0.416. The summed E-state index contributed by atoms with van der Waals surface area (Å²) < 4.78 is 6.14. The fraction of sp³-hybridized carbons (Fsp3) is 0.632. The lowest BCUT2D eigenvalue weighted by atomic mass is 10.2. The highest BCUT2D eigenvalue weighted by Gasteiger charge is 2.36. The fourth-order valence-electron chi connectivity index (χ4n) is 1.97. The lowest BCUT2D eigenvalue weighted by Crippen LogP contribution is -2.41. The smallest absolute Gasteiger partial charge is 0.271 e. The number of amides is 1. The molecule has 0 aliphatic heterocycles. The molecule has 0 unspecified atom stereocenters. The maximum absolute atomic E-state index is 11.8. The topological polar surface area (TPSA) is 59.0 Å². The Labute approximate surface area is 153 Å². The number of carbonyl (C=O) groups excluding carboxylic acids is 1. The highest BCUT2D eigenvalue weighted by Crippen LogP contribution is 2.36. The summed E-state index contributed by atoms with van der Waals surface area (Å²) in [6.07, 6.45) is 1.63. The minimum Gasteiger partial charge on any atom is -0.417 e. The van der Waals surface area contributed by atoms with Gasteiger partial charge in [0, 0.05) is 13.2 Å². The van der Waals surface area contributed by atoms with Gasteiger partial charge in [-0.1, -0.05) is 51.1 Å². The monoisotopic (exact) mass is 367 g/mol. The van der Waals surface area contributed by atoms with Crippen molar-refractivity contribution in [3.63, 3.8) is 0 Å². The van der Waals surface area contributed by atoms with Gasteiger partial charge in [0.05, 0.1) is 0 Å². The summed E-state index contributed by atoms with van der Waals surface area (Å²) in [6.45, 7) is 12.0. The number of rotatable bonds is 10. The summed E-state index contributed by atoms with van der Waals surface area (Å²) >= 11 is 0. The van der Waals surface area contributed by atoms with Gasteiger partial charge in [0.25, 0.3) is 5.91 Å². The van der Waals surface area contributed by atoms with Gasteiger partial charge in [-0.2, -0.15) is 0 Å². The van der Waals surface area contributed by atoms with Gasteiger partial charge in [0.15, 0.2) is 8.32 Å². The molecule has 0 saturated heterocycles. The van der Waals surface area contributed by atoms with Crippen molar-refractivity contribution in [3.8, 4) is 0 Å². The first-order valence-corrected chi connectivity index (χ1v) is 11.8. The Morgan fingerprint density at radius 2 is 1.80 bits per heavy atom. The SMILES string of the molecule is CC(C)(C)[Si](C)(C)OCCCCN(OCc1ccccc1)C(=O)CO. The first-order valence-electron chi connectivity index (χ1n) is 8.89. The van der Waals surface area contributed by atoms with Crippen LogP contribution in [0.15, 0.2) is 30.3 Å². The van der Waals surface area contributed by atoms with Gasteiger partial charge in [0.1, 0.15) is 13.2 Å². The molecule has 0 aliphatic rings. The molecule has 0 fully saturated rings. The van der Waals surface area contributed by atoms with E-state index in [1.165, 1.54) is 5.06 Å². The number of benzene rings is 1. The molecular formula is C19H33NO4Si. The highest BCUT2D eigenvalue weighted by atomic mass is 28.4. The van der Waals surface area contributed by atoms with Crippen molar-refractivity contribution in [1.29, 1.82) is 0 Å². The molecule has 1 N–H and O–H groups in total. The molecule has 1 aromatic carbocycles. The van der Waals surface area contributed by atoms with E-state index in [0.717, 1.165) is 18.4 Å². The minimum absolute atomic E-state index is 0.199. The van der Waals surface area contributed by atoms with Crippen LogP contribution in [0.4, 0.5) is 0 Å². The van der Waals surface area contributed by atoms with Gasteiger partial charge in [-0.05, 0) is 36.5 Å². The van der Waals surface area contributed by atoms with Crippen LogP contribution in [-0.2, 0) is 20.7 Å². The fourth-order valence-corrected chi connectivity index (χ4v) is 3.06. The Bertz CT molecular complexity index is 514. The van der Waals surface area contributed by atoms with Crippen LogP contribution in [0.3, 0.4) is 0 Å². The van der Waals surface area contributed by atoms with Crippen LogP contribution in [0.25, 0.3) is 0 Å². The van der Waals surface area contributed by atoms with E-state index < -0.39 is 20.8 Å². The molecule has 0 aromatic heterocycles. The zero-order valence-corrected chi connectivity index (χ0v) is 17.2. The number of carbonyl (C=O) groups is 1. The Kier molecular flexibility index (Phi) is 8.79. The van der Waals surface area contributed by atoms with Crippen LogP contribution in [-0.4, -0.2) is 44.2 Å². The standard InChI is InChI=1S/C19H33NO4Si/c1-19(2,3)25(4,5)24-14-10-9-13-20(18(22)15-21)23-16-17-11-7-6-8-12-17/h6-8,11-12,21H,9-10,13-16H2,1-5H3. The van der Waals surface area contributed by atoms with E-state index in [1.807, 2.05) is 30.3 Å². The Hall–Kier alpha value is -1.21. The van der Waals surface area contributed by atoms with Crippen LogP contribution >= 0.6 is 0 Å². The van der Waals surface area contributed by atoms with Gasteiger partial charge < -0.3 is 9.53 Å². The molecule has 0 radical (unpaired) electrons. The number of hydrogen-bond donors (Lipinski definition) is 1. The summed E-state index contributed by atoms with van der Waals surface area (Å²) in [4.78, 5) is 17.4. The molecule has 1 amide bonds. The van der Waals surface area contributed by atoms with E-state index in [-0.39, 0.29) is 5.04 Å². The molecule has 1 rings (SSSR count). The van der Waals surface area contributed by atoms with Crippen LogP contribution in [0.5, 0.6) is 0 Å². The van der Waals surface area contributed by atoms with Gasteiger partial charge in [0.2, 0.25) is 0 Å². The second kappa shape index (κ2) is 10.1. The predicted molar refractivity (Wildman–Crippen MR) is 102 cm³/mol. The second-order valence-corrected chi connectivity index (χ2v) is 12.5. The number of aliphatic hydroxyl groups excluding tert-OH is 1. The molecule has 5 nitrogen and oxygen atoms in total. The van der Waals surface area contributed by atoms with E-state index in [2.05, 4.69) is 33.9 Å². The van der Waals surface area contributed by atoms with Crippen molar-refractivity contribution in [2.75, 3.05) is 19.8 Å². The van der Waals surface area contributed by atoms with Crippen molar-refractivity contribution in [3.05, 3.63) is 35.9 Å². The maximum atomic E-state index is 11.8. The lowest BCUT2D eigenvalue weighted by Gasteiger charge is -2.36. The second-order valence-electron chi connectivity index (χ2n) is 7.73. The Balaban J connectivity index is 2.37. The third-order valence-electron chi connectivity index (χ3n) is 4.67. The third kappa shape index (κ3) is 7.69. The predicted octanol–water partition coefficient (Wildman–Crippen LogP) is 3.74. The largest absolute Gasteiger partial charge is 0.417 e. The van der Waals surface area contributed by atoms with Crippen molar-refractivity contribution in [1.82, 2.24) is 5.06 Å². The molecule has 0 spiro atoms. The molecule has 0 aliphatic carbocycles. The molecule has 0 atom stereocenters. The van der Waals surface area contributed by atoms with E-state index in [4.69, 9.17) is 14.4 Å². The third-order valence-corrected chi connectivity index (χ3v) is 9.21. The molecule has 1 aromatic rings. The van der Waals surface area contributed by atoms with Gasteiger partial charge in [-0.25, -0.2) is 5.06 Å². The van der Waals surface area contributed by atoms with E-state index in [0.29, 0.717) is 19.8 Å². The van der Waals surface area contributed by atoms with E-state index in [9.17, 15) is 4.79 Å². The molecule has 142 valence electrons. The van der Waals surface area contributed by atoms with E-state index in [1.54, 1.807) is 0 Å². The molecule has 0 heterocycles. The van der Waals surface area contributed by atoms with Crippen molar-refractivity contribution in [2.45, 2.75) is 58.4 Å². The number of unbranched alkanes of at least 4 members (excludes halogenated alkanes) is 1. The number of hydroxylamine groups is 2. The van der Waals surface area contributed by atoms with Crippen LogP contribution in [0.2, 0.25) is 18.1 Å². The Morgan fingerprint density at radius 3 is 2.36 bits per heavy atom. The van der Waals surface area contributed by atoms with Crippen LogP contribution in [0, 0.1) is 0 Å². The summed E-state index contributed by atoms with van der Waals surface area (Å²) in [5.41, 5.74) is 0.986. The first-order chi connectivity index (χ1) is 11.7. The average Bonchev–Trinajstić information content (AvgIpc) is 2.56. The van der Waals surface area contributed by atoms with Gasteiger partial charge in [-0.3, -0.25) is 9.63 Å². The molecular weight excluding hydrogens is 334 g/mol. The van der Waals surface area contributed by atoms with Crippen LogP contribution in [0.1, 0.15) is 39.2 Å². The number of aliphatic hydroxyl groups is 1. The first kappa shape index (κ1) is 21.8. The molecule has 6 heteroatoms. The van der Waals surface area contributed by atoms with Gasteiger partial charge >= 0.3 is 0 Å². The van der Waals surface area contributed by atoms with Crippen molar-refractivity contribution < 1.29 is 19.2 Å². The normalized spacial score (nSPS) is 12.2. The van der Waals surface area contributed by atoms with Crippen molar-refractivity contribution in [2.24, 2.45) is 0 Å².